The summed E-state index contributed by atoms with van der Waals surface area (Å²) < 4.78 is 0. The van der Waals surface area contributed by atoms with Crippen LogP contribution in [0.3, 0.4) is 0 Å². The van der Waals surface area contributed by atoms with Gasteiger partial charge >= 0.3 is 0 Å². The minimum atomic E-state index is -0.0420. The second-order valence-corrected chi connectivity index (χ2v) is 5.19. The van der Waals surface area contributed by atoms with Crippen LogP contribution in [0.25, 0.3) is 0 Å². The van der Waals surface area contributed by atoms with Crippen LogP contribution in [0.1, 0.15) is 36.2 Å². The third-order valence-corrected chi connectivity index (χ3v) is 3.76. The lowest BCUT2D eigenvalue weighted by Gasteiger charge is -2.23. The summed E-state index contributed by atoms with van der Waals surface area (Å²) in [6.07, 6.45) is 1.18. The summed E-state index contributed by atoms with van der Waals surface area (Å²) in [6.45, 7) is 7.31. The highest BCUT2D eigenvalue weighted by atomic mass is 16.1. The van der Waals surface area contributed by atoms with E-state index >= 15 is 0 Å². The summed E-state index contributed by atoms with van der Waals surface area (Å²) in [6, 6.07) is 8.34. The Labute approximate surface area is 122 Å². The Balaban J connectivity index is 2.30. The fourth-order valence-corrected chi connectivity index (χ4v) is 1.94. The molecule has 112 valence electrons. The number of benzene rings is 1. The first-order valence-corrected chi connectivity index (χ1v) is 7.30. The zero-order valence-electron chi connectivity index (χ0n) is 13.1. The summed E-state index contributed by atoms with van der Waals surface area (Å²) in [5, 5.41) is 6.05. The quantitative estimate of drug-likeness (QED) is 0.713. The van der Waals surface area contributed by atoms with Crippen molar-refractivity contribution in [3.63, 3.8) is 0 Å². The number of hydrogen-bond acceptors (Lipinski definition) is 3. The van der Waals surface area contributed by atoms with Crippen LogP contribution >= 0.6 is 0 Å². The number of nitrogens with zero attached hydrogens (tertiary/aromatic N) is 1. The van der Waals surface area contributed by atoms with Crippen LogP contribution in [0.15, 0.2) is 24.3 Å². The maximum Gasteiger partial charge on any atom is 0.251 e. The first-order valence-electron chi connectivity index (χ1n) is 7.30. The van der Waals surface area contributed by atoms with Gasteiger partial charge in [-0.25, -0.2) is 0 Å². The second kappa shape index (κ2) is 8.72. The molecule has 0 fully saturated rings. The highest BCUT2D eigenvalue weighted by molar-refractivity contribution is 5.93. The zero-order chi connectivity index (χ0) is 15.0. The lowest BCUT2D eigenvalue weighted by atomic mass is 10.1. The maximum atomic E-state index is 11.4. The van der Waals surface area contributed by atoms with Gasteiger partial charge in [0.2, 0.25) is 0 Å². The largest absolute Gasteiger partial charge is 0.355 e. The van der Waals surface area contributed by atoms with Gasteiger partial charge in [0.05, 0.1) is 0 Å². The van der Waals surface area contributed by atoms with Gasteiger partial charge < -0.3 is 15.5 Å². The molecule has 1 atom stereocenters. The van der Waals surface area contributed by atoms with E-state index < -0.39 is 0 Å². The summed E-state index contributed by atoms with van der Waals surface area (Å²) in [7, 11) is 3.81. The number of nitrogens with one attached hydrogen (secondary N) is 2. The average Bonchev–Trinajstić information content (AvgIpc) is 2.50. The monoisotopic (exact) mass is 277 g/mol. The molecule has 20 heavy (non-hydrogen) atoms. The van der Waals surface area contributed by atoms with E-state index in [4.69, 9.17) is 0 Å². The molecule has 0 saturated heterocycles. The Morgan fingerprint density at radius 3 is 2.50 bits per heavy atom. The Morgan fingerprint density at radius 1 is 1.30 bits per heavy atom. The number of carbonyl (C=O) groups is 1. The van der Waals surface area contributed by atoms with Crippen LogP contribution in [0.4, 0.5) is 0 Å². The number of carbonyl (C=O) groups excluding carboxylic acids is 1. The van der Waals surface area contributed by atoms with Gasteiger partial charge in [0.1, 0.15) is 0 Å². The molecule has 1 rings (SSSR count). The van der Waals surface area contributed by atoms with E-state index in [1.807, 2.05) is 24.3 Å². The van der Waals surface area contributed by atoms with Crippen molar-refractivity contribution in [3.05, 3.63) is 35.4 Å². The van der Waals surface area contributed by atoms with E-state index in [0.29, 0.717) is 11.6 Å². The molecule has 0 radical (unpaired) electrons. The molecule has 0 heterocycles. The molecule has 0 bridgehead atoms. The minimum absolute atomic E-state index is 0.0420. The SMILES string of the molecule is CCC(C)N(C)CCNCc1ccc(C(=O)NC)cc1. The van der Waals surface area contributed by atoms with Gasteiger partial charge in [-0.3, -0.25) is 4.79 Å². The third-order valence-electron chi connectivity index (χ3n) is 3.76. The van der Waals surface area contributed by atoms with E-state index in [1.165, 1.54) is 12.0 Å². The van der Waals surface area contributed by atoms with E-state index in [2.05, 4.69) is 36.4 Å². The number of rotatable bonds is 8. The maximum absolute atomic E-state index is 11.4. The summed E-state index contributed by atoms with van der Waals surface area (Å²) in [5.74, 6) is -0.0420. The highest BCUT2D eigenvalue weighted by Crippen LogP contribution is 2.04. The predicted molar refractivity (Wildman–Crippen MR) is 83.9 cm³/mol. The molecule has 0 aromatic heterocycles. The van der Waals surface area contributed by atoms with Crippen molar-refractivity contribution in [1.29, 1.82) is 0 Å². The van der Waals surface area contributed by atoms with Gasteiger partial charge in [0.15, 0.2) is 0 Å². The molecule has 1 amide bonds. The molecular weight excluding hydrogens is 250 g/mol. The van der Waals surface area contributed by atoms with Crippen molar-refractivity contribution >= 4 is 5.91 Å². The van der Waals surface area contributed by atoms with Crippen molar-refractivity contribution in [3.8, 4) is 0 Å². The normalized spacial score (nSPS) is 12.4. The smallest absolute Gasteiger partial charge is 0.251 e. The van der Waals surface area contributed by atoms with Crippen molar-refractivity contribution < 1.29 is 4.79 Å². The van der Waals surface area contributed by atoms with Gasteiger partial charge in [0, 0.05) is 38.3 Å². The molecule has 0 aliphatic heterocycles. The summed E-state index contributed by atoms with van der Waals surface area (Å²) in [4.78, 5) is 13.8. The Hall–Kier alpha value is -1.39. The zero-order valence-corrected chi connectivity index (χ0v) is 13.1. The summed E-state index contributed by atoms with van der Waals surface area (Å²) >= 11 is 0. The topological polar surface area (TPSA) is 44.4 Å². The van der Waals surface area contributed by atoms with Crippen LogP contribution in [0.2, 0.25) is 0 Å². The molecule has 2 N–H and O–H groups in total. The van der Waals surface area contributed by atoms with Crippen LogP contribution in [0, 0.1) is 0 Å². The van der Waals surface area contributed by atoms with Crippen molar-refractivity contribution in [2.45, 2.75) is 32.9 Å². The molecule has 0 aliphatic rings. The van der Waals surface area contributed by atoms with Crippen LogP contribution in [-0.4, -0.2) is 44.0 Å². The number of hydrogen-bond donors (Lipinski definition) is 2. The average molecular weight is 277 g/mol. The molecule has 1 unspecified atom stereocenters. The molecule has 1 aromatic rings. The van der Waals surface area contributed by atoms with E-state index in [-0.39, 0.29) is 5.91 Å². The van der Waals surface area contributed by atoms with Gasteiger partial charge in [-0.1, -0.05) is 19.1 Å². The van der Waals surface area contributed by atoms with Gasteiger partial charge in [-0.2, -0.15) is 0 Å². The molecule has 0 aliphatic carbocycles. The van der Waals surface area contributed by atoms with Gasteiger partial charge in [0.25, 0.3) is 5.91 Å². The van der Waals surface area contributed by atoms with E-state index in [0.717, 1.165) is 19.6 Å². The lowest BCUT2D eigenvalue weighted by molar-refractivity contribution is 0.0963. The number of likely N-dealkylation sites (N-methyl/N-ethyl adjacent to an activating group) is 1. The van der Waals surface area contributed by atoms with Gasteiger partial charge in [-0.15, -0.1) is 0 Å². The molecule has 0 saturated carbocycles. The van der Waals surface area contributed by atoms with Gasteiger partial charge in [-0.05, 0) is 38.1 Å². The van der Waals surface area contributed by atoms with Crippen LogP contribution in [0.5, 0.6) is 0 Å². The Bertz CT molecular complexity index is 403. The Kier molecular flexibility index (Phi) is 7.26. The lowest BCUT2D eigenvalue weighted by Crippen LogP contribution is -2.34. The van der Waals surface area contributed by atoms with Crippen molar-refractivity contribution in [2.75, 3.05) is 27.2 Å². The van der Waals surface area contributed by atoms with Crippen LogP contribution in [-0.2, 0) is 6.54 Å². The Morgan fingerprint density at radius 2 is 1.95 bits per heavy atom. The van der Waals surface area contributed by atoms with Crippen LogP contribution < -0.4 is 10.6 Å². The molecule has 1 aromatic carbocycles. The summed E-state index contributed by atoms with van der Waals surface area (Å²) in [5.41, 5.74) is 1.90. The van der Waals surface area contributed by atoms with Crippen molar-refractivity contribution in [2.24, 2.45) is 0 Å². The van der Waals surface area contributed by atoms with Crippen molar-refractivity contribution in [1.82, 2.24) is 15.5 Å². The molecule has 4 nitrogen and oxygen atoms in total. The second-order valence-electron chi connectivity index (χ2n) is 5.19. The fraction of sp³-hybridized carbons (Fsp3) is 0.562. The standard InChI is InChI=1S/C16H27N3O/c1-5-13(2)19(4)11-10-18-12-14-6-8-15(9-7-14)16(20)17-3/h6-9,13,18H,5,10-12H2,1-4H3,(H,17,20). The number of amides is 1. The molecule has 4 heteroatoms. The molecule has 0 spiro atoms. The molecular formula is C16H27N3O. The third kappa shape index (κ3) is 5.31. The fourth-order valence-electron chi connectivity index (χ4n) is 1.94. The van der Waals surface area contributed by atoms with E-state index in [1.54, 1.807) is 7.05 Å². The predicted octanol–water partition coefficient (Wildman–Crippen LogP) is 1.87. The minimum Gasteiger partial charge on any atom is -0.355 e. The first-order chi connectivity index (χ1) is 9.58. The highest BCUT2D eigenvalue weighted by Gasteiger charge is 2.05. The first kappa shape index (κ1) is 16.7. The van der Waals surface area contributed by atoms with E-state index in [9.17, 15) is 4.79 Å².